The molecule has 104 valence electrons. The van der Waals surface area contributed by atoms with Crippen LogP contribution in [0.4, 0.5) is 0 Å². The molecular weight excluding hydrogens is 244 g/mol. The molecule has 5 heteroatoms. The minimum atomic E-state index is -0.841. The van der Waals surface area contributed by atoms with Crippen LogP contribution in [-0.2, 0) is 4.79 Å². The standard InChI is InChI=1S/C14H20N2O3/c1-4-10(2)13(14(15)17)16(18)9-11-5-7-12(19-3)8-6-11/h5-10,13H,4H2,1-3H3,(H2,15,17)/b16-9-. The van der Waals surface area contributed by atoms with Crippen molar-refractivity contribution in [3.63, 3.8) is 0 Å². The predicted molar refractivity (Wildman–Crippen MR) is 74.2 cm³/mol. The van der Waals surface area contributed by atoms with Gasteiger partial charge in [-0.2, -0.15) is 4.74 Å². The number of hydrogen-bond acceptors (Lipinski definition) is 3. The van der Waals surface area contributed by atoms with E-state index < -0.39 is 11.9 Å². The Balaban J connectivity index is 2.97. The molecule has 2 atom stereocenters. The third-order valence-corrected chi connectivity index (χ3v) is 3.14. The molecule has 0 saturated carbocycles. The lowest BCUT2D eigenvalue weighted by Gasteiger charge is -2.19. The summed E-state index contributed by atoms with van der Waals surface area (Å²) in [4.78, 5) is 11.4. The van der Waals surface area contributed by atoms with Crippen LogP contribution in [0, 0.1) is 11.1 Å². The van der Waals surface area contributed by atoms with Crippen LogP contribution < -0.4 is 10.5 Å². The van der Waals surface area contributed by atoms with Crippen LogP contribution in [-0.4, -0.2) is 30.0 Å². The first-order chi connectivity index (χ1) is 8.99. The largest absolute Gasteiger partial charge is 0.623 e. The maximum atomic E-state index is 12.0. The van der Waals surface area contributed by atoms with E-state index in [0.29, 0.717) is 22.5 Å². The molecule has 0 radical (unpaired) electrons. The Labute approximate surface area is 113 Å². The van der Waals surface area contributed by atoms with Crippen molar-refractivity contribution in [2.45, 2.75) is 26.3 Å². The highest BCUT2D eigenvalue weighted by atomic mass is 16.5. The van der Waals surface area contributed by atoms with E-state index >= 15 is 0 Å². The van der Waals surface area contributed by atoms with E-state index in [9.17, 15) is 10.0 Å². The van der Waals surface area contributed by atoms with E-state index in [2.05, 4.69) is 0 Å². The Morgan fingerprint density at radius 3 is 2.47 bits per heavy atom. The van der Waals surface area contributed by atoms with Crippen LogP contribution in [0.1, 0.15) is 25.8 Å². The number of rotatable bonds is 6. The summed E-state index contributed by atoms with van der Waals surface area (Å²) < 4.78 is 5.67. The first-order valence-electron chi connectivity index (χ1n) is 6.23. The zero-order valence-electron chi connectivity index (χ0n) is 11.5. The second-order valence-electron chi connectivity index (χ2n) is 4.49. The van der Waals surface area contributed by atoms with Crippen molar-refractivity contribution in [3.05, 3.63) is 35.0 Å². The van der Waals surface area contributed by atoms with E-state index in [0.717, 1.165) is 0 Å². The van der Waals surface area contributed by atoms with Crippen LogP contribution in [0.25, 0.3) is 0 Å². The molecule has 2 unspecified atom stereocenters. The number of carbonyl (C=O) groups excluding carboxylic acids is 1. The molecule has 1 amide bonds. The first kappa shape index (κ1) is 15.0. The minimum absolute atomic E-state index is 0.0931. The van der Waals surface area contributed by atoms with Crippen LogP contribution in [0.2, 0.25) is 0 Å². The molecular formula is C14H20N2O3. The second-order valence-corrected chi connectivity index (χ2v) is 4.49. The summed E-state index contributed by atoms with van der Waals surface area (Å²) in [6, 6.07) is 6.16. The number of hydrogen-bond donors (Lipinski definition) is 1. The van der Waals surface area contributed by atoms with Crippen molar-refractivity contribution in [2.24, 2.45) is 11.7 Å². The maximum absolute atomic E-state index is 12.0. The lowest BCUT2D eigenvalue weighted by atomic mass is 9.99. The molecule has 1 aromatic carbocycles. The topological polar surface area (TPSA) is 78.4 Å². The summed E-state index contributed by atoms with van der Waals surface area (Å²) in [5, 5.41) is 12.0. The normalized spacial score (nSPS) is 14.8. The molecule has 0 spiro atoms. The van der Waals surface area contributed by atoms with Gasteiger partial charge in [-0.1, -0.05) is 13.8 Å². The smallest absolute Gasteiger partial charge is 0.287 e. The fourth-order valence-electron chi connectivity index (χ4n) is 1.80. The predicted octanol–water partition coefficient (Wildman–Crippen LogP) is 1.52. The number of carbonyl (C=O) groups is 1. The number of amides is 1. The quantitative estimate of drug-likeness (QED) is 0.366. The molecule has 1 rings (SSSR count). The van der Waals surface area contributed by atoms with Crippen LogP contribution in [0.3, 0.4) is 0 Å². The molecule has 0 bridgehead atoms. The van der Waals surface area contributed by atoms with Crippen molar-refractivity contribution >= 4 is 12.1 Å². The summed E-state index contributed by atoms with van der Waals surface area (Å²) in [5.41, 5.74) is 5.99. The number of nitrogens with zero attached hydrogens (tertiary/aromatic N) is 1. The molecule has 2 N–H and O–H groups in total. The van der Waals surface area contributed by atoms with Gasteiger partial charge in [0, 0.05) is 11.5 Å². The second kappa shape index (κ2) is 6.78. The highest BCUT2D eigenvalue weighted by Gasteiger charge is 2.29. The van der Waals surface area contributed by atoms with Gasteiger partial charge in [0.05, 0.1) is 7.11 Å². The fraction of sp³-hybridized carbons (Fsp3) is 0.429. The van der Waals surface area contributed by atoms with Gasteiger partial charge in [-0.05, 0) is 30.7 Å². The highest BCUT2D eigenvalue weighted by Crippen LogP contribution is 2.12. The Morgan fingerprint density at radius 1 is 1.47 bits per heavy atom. The van der Waals surface area contributed by atoms with Gasteiger partial charge in [-0.15, -0.1) is 0 Å². The zero-order chi connectivity index (χ0) is 14.4. The van der Waals surface area contributed by atoms with Crippen LogP contribution >= 0.6 is 0 Å². The van der Waals surface area contributed by atoms with E-state index in [1.165, 1.54) is 6.21 Å². The molecule has 0 saturated heterocycles. The lowest BCUT2D eigenvalue weighted by molar-refractivity contribution is -0.490. The molecule has 0 fully saturated rings. The average Bonchev–Trinajstić information content (AvgIpc) is 2.39. The Bertz CT molecular complexity index is 454. The summed E-state index contributed by atoms with van der Waals surface area (Å²) in [6.45, 7) is 3.75. The summed E-state index contributed by atoms with van der Waals surface area (Å²) >= 11 is 0. The van der Waals surface area contributed by atoms with Gasteiger partial charge in [0.1, 0.15) is 5.75 Å². The number of hydroxylamine groups is 1. The maximum Gasteiger partial charge on any atom is 0.287 e. The average molecular weight is 264 g/mol. The minimum Gasteiger partial charge on any atom is -0.623 e. The number of primary amides is 1. The fourth-order valence-corrected chi connectivity index (χ4v) is 1.80. The molecule has 0 aromatic heterocycles. The third-order valence-electron chi connectivity index (χ3n) is 3.14. The van der Waals surface area contributed by atoms with Crippen molar-refractivity contribution in [2.75, 3.05) is 7.11 Å². The van der Waals surface area contributed by atoms with Gasteiger partial charge >= 0.3 is 0 Å². The van der Waals surface area contributed by atoms with Crippen LogP contribution in [0.15, 0.2) is 24.3 Å². The summed E-state index contributed by atoms with van der Waals surface area (Å²) in [5.74, 6) is 0.0154. The molecule has 0 heterocycles. The Morgan fingerprint density at radius 2 is 2.05 bits per heavy atom. The van der Waals surface area contributed by atoms with Gasteiger partial charge in [0.2, 0.25) is 6.04 Å². The molecule has 1 aromatic rings. The molecule has 19 heavy (non-hydrogen) atoms. The van der Waals surface area contributed by atoms with Crippen LogP contribution in [0.5, 0.6) is 5.75 Å². The number of nitrogens with two attached hydrogens (primary N) is 1. The van der Waals surface area contributed by atoms with Crippen molar-refractivity contribution < 1.29 is 14.3 Å². The number of ether oxygens (including phenoxy) is 1. The monoisotopic (exact) mass is 264 g/mol. The third kappa shape index (κ3) is 3.98. The molecule has 0 aliphatic carbocycles. The molecule has 0 aliphatic rings. The van der Waals surface area contributed by atoms with Crippen molar-refractivity contribution in [1.29, 1.82) is 0 Å². The SMILES string of the molecule is CCC(C)C(C(N)=O)/[N+]([O-])=C/c1ccc(OC)cc1. The van der Waals surface area contributed by atoms with Crippen molar-refractivity contribution in [1.82, 2.24) is 0 Å². The molecule has 0 aliphatic heterocycles. The number of methoxy groups -OCH3 is 1. The highest BCUT2D eigenvalue weighted by molar-refractivity contribution is 5.81. The first-order valence-corrected chi connectivity index (χ1v) is 6.23. The summed E-state index contributed by atoms with van der Waals surface area (Å²) in [6.07, 6.45) is 2.09. The van der Waals surface area contributed by atoms with Gasteiger partial charge < -0.3 is 15.7 Å². The zero-order valence-corrected chi connectivity index (χ0v) is 11.5. The number of benzene rings is 1. The lowest BCUT2D eigenvalue weighted by Crippen LogP contribution is -2.41. The molecule has 5 nitrogen and oxygen atoms in total. The van der Waals surface area contributed by atoms with Gasteiger partial charge in [0.15, 0.2) is 6.21 Å². The van der Waals surface area contributed by atoms with E-state index in [-0.39, 0.29) is 5.92 Å². The van der Waals surface area contributed by atoms with E-state index in [4.69, 9.17) is 10.5 Å². The van der Waals surface area contributed by atoms with Gasteiger partial charge in [0.25, 0.3) is 5.91 Å². The van der Waals surface area contributed by atoms with Crippen molar-refractivity contribution in [3.8, 4) is 5.75 Å². The summed E-state index contributed by atoms with van der Waals surface area (Å²) in [7, 11) is 1.57. The van der Waals surface area contributed by atoms with Gasteiger partial charge in [-0.25, -0.2) is 0 Å². The van der Waals surface area contributed by atoms with E-state index in [1.54, 1.807) is 31.4 Å². The van der Waals surface area contributed by atoms with E-state index in [1.807, 2.05) is 13.8 Å². The van der Waals surface area contributed by atoms with Gasteiger partial charge in [-0.3, -0.25) is 4.79 Å². The Kier molecular flexibility index (Phi) is 5.36. The Hall–Kier alpha value is -2.04.